The summed E-state index contributed by atoms with van der Waals surface area (Å²) >= 11 is 12.5. The molecule has 1 saturated heterocycles. The highest BCUT2D eigenvalue weighted by Gasteiger charge is 2.40. The van der Waals surface area contributed by atoms with E-state index in [9.17, 15) is 19.2 Å². The van der Waals surface area contributed by atoms with Gasteiger partial charge in [-0.2, -0.15) is 0 Å². The number of nitrogens with one attached hydrogen (secondary N) is 3. The largest absolute Gasteiger partial charge is 0.351 e. The highest BCUT2D eigenvalue weighted by atomic mass is 35.5. The van der Waals surface area contributed by atoms with Crippen molar-refractivity contribution < 1.29 is 19.2 Å². The SMILES string of the molecule is CC(=O)Nc1c(Cl)cc(C(=O)NC(C)C(=O)N2CCCC2C(=O)NC(CC(C)=C2CCC2)C(C)C2CC2)cc1Cl.CCCCc1ccccc1. The van der Waals surface area contributed by atoms with Gasteiger partial charge in [0, 0.05) is 25.1 Å². The molecule has 2 aromatic carbocycles. The molecule has 272 valence electrons. The molecule has 1 heterocycles. The predicted molar refractivity (Wildman–Crippen MR) is 202 cm³/mol. The van der Waals surface area contributed by atoms with E-state index in [4.69, 9.17) is 23.2 Å². The number of allylic oxidation sites excluding steroid dienone is 1. The Labute approximate surface area is 308 Å². The van der Waals surface area contributed by atoms with Crippen LogP contribution in [0.1, 0.15) is 115 Å². The molecular formula is C40H54Cl2N4O4. The van der Waals surface area contributed by atoms with Crippen LogP contribution < -0.4 is 16.0 Å². The number of benzene rings is 2. The Hall–Kier alpha value is -3.36. The third-order valence-corrected chi connectivity index (χ3v) is 10.8. The van der Waals surface area contributed by atoms with Crippen LogP contribution in [0.4, 0.5) is 5.69 Å². The average molecular weight is 726 g/mol. The van der Waals surface area contributed by atoms with Gasteiger partial charge in [0.1, 0.15) is 12.1 Å². The number of nitrogens with zero attached hydrogens (tertiary/aromatic N) is 1. The molecule has 4 unspecified atom stereocenters. The summed E-state index contributed by atoms with van der Waals surface area (Å²) in [5.74, 6) is -0.257. The van der Waals surface area contributed by atoms with Gasteiger partial charge in [-0.1, -0.05) is 84.9 Å². The molecule has 1 aliphatic heterocycles. The first-order valence-electron chi connectivity index (χ1n) is 18.3. The van der Waals surface area contributed by atoms with Crippen molar-refractivity contribution in [2.24, 2.45) is 11.8 Å². The van der Waals surface area contributed by atoms with Gasteiger partial charge >= 0.3 is 0 Å². The Morgan fingerprint density at radius 2 is 1.58 bits per heavy atom. The predicted octanol–water partition coefficient (Wildman–Crippen LogP) is 8.51. The van der Waals surface area contributed by atoms with Crippen molar-refractivity contribution in [3.63, 3.8) is 0 Å². The smallest absolute Gasteiger partial charge is 0.252 e. The number of unbranched alkanes of at least 4 members (excludes halogenated alkanes) is 1. The number of halogens is 2. The lowest BCUT2D eigenvalue weighted by Gasteiger charge is -2.32. The maximum absolute atomic E-state index is 13.5. The standard InChI is InChI=1S/C30H40Cl2N4O4.C10H14/c1-16(20-7-5-8-20)13-25(17(2)21-10-11-21)35-29(39)26-9-6-12-36(26)30(40)18(3)33-28(38)22-14-23(31)27(24(32)15-22)34-19(4)37;1-2-3-7-10-8-5-4-6-9-10/h14-15,17-18,21,25-26H,5-13H2,1-4H3,(H,33,38)(H,34,37)(H,35,39);4-6,8-9H,2-3,7H2,1H3. The van der Waals surface area contributed by atoms with E-state index in [1.807, 2.05) is 0 Å². The van der Waals surface area contributed by atoms with E-state index in [0.29, 0.717) is 24.8 Å². The maximum Gasteiger partial charge on any atom is 0.252 e. The van der Waals surface area contributed by atoms with E-state index >= 15 is 0 Å². The van der Waals surface area contributed by atoms with E-state index in [2.05, 4.69) is 67.1 Å². The van der Waals surface area contributed by atoms with Gasteiger partial charge in [-0.05, 0) is 108 Å². The molecule has 0 spiro atoms. The molecular weight excluding hydrogens is 671 g/mol. The molecule has 2 aliphatic carbocycles. The van der Waals surface area contributed by atoms with Crippen molar-refractivity contribution in [2.75, 3.05) is 11.9 Å². The summed E-state index contributed by atoms with van der Waals surface area (Å²) in [5, 5.41) is 8.79. The van der Waals surface area contributed by atoms with E-state index in [1.165, 1.54) is 74.3 Å². The Balaban J connectivity index is 0.000000482. The highest BCUT2D eigenvalue weighted by molar-refractivity contribution is 6.40. The van der Waals surface area contributed by atoms with Crippen LogP contribution in [0.5, 0.6) is 0 Å². The first-order chi connectivity index (χ1) is 23.9. The third-order valence-electron chi connectivity index (χ3n) is 10.2. The van der Waals surface area contributed by atoms with Crippen LogP contribution >= 0.6 is 23.2 Å². The minimum absolute atomic E-state index is 0.0535. The molecule has 0 radical (unpaired) electrons. The molecule has 2 aromatic rings. The van der Waals surface area contributed by atoms with Crippen molar-refractivity contribution in [2.45, 2.75) is 123 Å². The average Bonchev–Trinajstić information content (AvgIpc) is 3.79. The molecule has 8 nitrogen and oxygen atoms in total. The van der Waals surface area contributed by atoms with Gasteiger partial charge in [0.2, 0.25) is 17.7 Å². The van der Waals surface area contributed by atoms with Crippen molar-refractivity contribution in [3.05, 3.63) is 74.8 Å². The fourth-order valence-electron chi connectivity index (χ4n) is 6.77. The van der Waals surface area contributed by atoms with Crippen molar-refractivity contribution in [1.29, 1.82) is 0 Å². The molecule has 5 rings (SSSR count). The number of hydrogen-bond donors (Lipinski definition) is 3. The summed E-state index contributed by atoms with van der Waals surface area (Å²) in [6.07, 6.45) is 12.0. The number of carbonyl (C=O) groups is 4. The van der Waals surface area contributed by atoms with E-state index in [0.717, 1.165) is 25.7 Å². The molecule has 2 saturated carbocycles. The second-order valence-corrected chi connectivity index (χ2v) is 15.0. The number of rotatable bonds is 13. The molecule has 4 atom stereocenters. The number of likely N-dealkylation sites (tertiary alicyclic amines) is 1. The van der Waals surface area contributed by atoms with Crippen LogP contribution in [0.15, 0.2) is 53.6 Å². The van der Waals surface area contributed by atoms with Crippen LogP contribution in [-0.2, 0) is 20.8 Å². The summed E-state index contributed by atoms with van der Waals surface area (Å²) in [6.45, 7) is 10.0. The monoisotopic (exact) mass is 724 g/mol. The summed E-state index contributed by atoms with van der Waals surface area (Å²) in [4.78, 5) is 52.9. The third kappa shape index (κ3) is 11.1. The zero-order chi connectivity index (χ0) is 36.4. The van der Waals surface area contributed by atoms with Gasteiger partial charge in [-0.15, -0.1) is 0 Å². The normalized spacial score (nSPS) is 18.5. The van der Waals surface area contributed by atoms with Crippen LogP contribution in [0.25, 0.3) is 0 Å². The number of anilines is 1. The molecule has 0 bridgehead atoms. The number of aryl methyl sites for hydroxylation is 1. The molecule has 3 aliphatic rings. The molecule has 10 heteroatoms. The van der Waals surface area contributed by atoms with E-state index in [1.54, 1.807) is 11.8 Å². The quantitative estimate of drug-likeness (QED) is 0.180. The van der Waals surface area contributed by atoms with Gasteiger partial charge in [-0.3, -0.25) is 19.2 Å². The lowest BCUT2D eigenvalue weighted by molar-refractivity contribution is -0.140. The first kappa shape index (κ1) is 39.4. The topological polar surface area (TPSA) is 108 Å². The van der Waals surface area contributed by atoms with Crippen molar-refractivity contribution >= 4 is 52.5 Å². The van der Waals surface area contributed by atoms with Gasteiger partial charge in [-0.25, -0.2) is 0 Å². The van der Waals surface area contributed by atoms with Crippen LogP contribution in [-0.4, -0.2) is 53.2 Å². The van der Waals surface area contributed by atoms with Crippen LogP contribution in [0, 0.1) is 11.8 Å². The highest BCUT2D eigenvalue weighted by Crippen LogP contribution is 2.40. The Morgan fingerprint density at radius 1 is 0.920 bits per heavy atom. The minimum Gasteiger partial charge on any atom is -0.351 e. The Morgan fingerprint density at radius 3 is 2.14 bits per heavy atom. The molecule has 3 fully saturated rings. The lowest BCUT2D eigenvalue weighted by atomic mass is 9.83. The van der Waals surface area contributed by atoms with Crippen LogP contribution in [0.3, 0.4) is 0 Å². The summed E-state index contributed by atoms with van der Waals surface area (Å²) in [7, 11) is 0. The van der Waals surface area contributed by atoms with Gasteiger partial charge in [0.25, 0.3) is 5.91 Å². The van der Waals surface area contributed by atoms with E-state index in [-0.39, 0.29) is 45.1 Å². The lowest BCUT2D eigenvalue weighted by Crippen LogP contribution is -2.54. The number of amides is 4. The fraction of sp³-hybridized carbons (Fsp3) is 0.550. The van der Waals surface area contributed by atoms with Crippen LogP contribution in [0.2, 0.25) is 10.0 Å². The zero-order valence-electron chi connectivity index (χ0n) is 30.2. The minimum atomic E-state index is -0.861. The summed E-state index contributed by atoms with van der Waals surface area (Å²) < 4.78 is 0. The fourth-order valence-corrected chi connectivity index (χ4v) is 7.35. The molecule has 0 aromatic heterocycles. The second-order valence-electron chi connectivity index (χ2n) is 14.2. The summed E-state index contributed by atoms with van der Waals surface area (Å²) in [5.41, 5.74) is 4.76. The zero-order valence-corrected chi connectivity index (χ0v) is 31.8. The van der Waals surface area contributed by atoms with Crippen molar-refractivity contribution in [3.8, 4) is 0 Å². The number of hydrogen-bond acceptors (Lipinski definition) is 4. The Kier molecular flexibility index (Phi) is 14.8. The number of carbonyl (C=O) groups excluding carboxylic acids is 4. The molecule has 50 heavy (non-hydrogen) atoms. The maximum atomic E-state index is 13.5. The second kappa shape index (κ2) is 18.8. The van der Waals surface area contributed by atoms with E-state index < -0.39 is 18.0 Å². The Bertz CT molecular complexity index is 1510. The van der Waals surface area contributed by atoms with Crippen molar-refractivity contribution in [1.82, 2.24) is 15.5 Å². The van der Waals surface area contributed by atoms with Gasteiger partial charge in [0.05, 0.1) is 15.7 Å². The summed E-state index contributed by atoms with van der Waals surface area (Å²) in [6, 6.07) is 12.1. The first-order valence-corrected chi connectivity index (χ1v) is 19.0. The molecule has 4 amide bonds. The van der Waals surface area contributed by atoms with Gasteiger partial charge in [0.15, 0.2) is 0 Å². The molecule has 3 N–H and O–H groups in total. The van der Waals surface area contributed by atoms with Gasteiger partial charge < -0.3 is 20.9 Å².